The highest BCUT2D eigenvalue weighted by atomic mass is 35.5. The number of carbonyl (C=O) groups excluding carboxylic acids is 1. The van der Waals surface area contributed by atoms with Gasteiger partial charge in [-0.2, -0.15) is 10.1 Å². The molecule has 0 spiro atoms. The average Bonchev–Trinajstić information content (AvgIpc) is 3.23. The molecule has 0 radical (unpaired) electrons. The van der Waals surface area contributed by atoms with Gasteiger partial charge in [0.05, 0.1) is 17.0 Å². The Bertz CT molecular complexity index is 1030. The van der Waals surface area contributed by atoms with Gasteiger partial charge in [0.15, 0.2) is 0 Å². The Morgan fingerprint density at radius 2 is 1.85 bits per heavy atom. The second kappa shape index (κ2) is 6.65. The number of para-hydroxylation sites is 1. The van der Waals surface area contributed by atoms with Crippen molar-refractivity contribution in [1.29, 1.82) is 0 Å². The summed E-state index contributed by atoms with van der Waals surface area (Å²) in [6.45, 7) is 1.81. The summed E-state index contributed by atoms with van der Waals surface area (Å²) in [6, 6.07) is 20.5. The number of hydrazone groups is 1. The summed E-state index contributed by atoms with van der Waals surface area (Å²) >= 11 is 6.03. The molecule has 0 fully saturated rings. The van der Waals surface area contributed by atoms with Crippen LogP contribution in [0.3, 0.4) is 0 Å². The molecule has 1 amide bonds. The molecule has 5 heteroatoms. The molecule has 128 valence electrons. The summed E-state index contributed by atoms with van der Waals surface area (Å²) in [4.78, 5) is 12.7. The number of amides is 1. The lowest BCUT2D eigenvalue weighted by Gasteiger charge is -2.10. The lowest BCUT2D eigenvalue weighted by Crippen LogP contribution is -2.21. The molecule has 0 unspecified atom stereocenters. The molecule has 1 aliphatic rings. The molecule has 4 nitrogen and oxygen atoms in total. The number of rotatable bonds is 3. The molecule has 1 aliphatic heterocycles. The molecular weight excluding hydrogens is 348 g/mol. The van der Waals surface area contributed by atoms with Crippen LogP contribution >= 0.6 is 11.6 Å². The maximum atomic E-state index is 12.7. The van der Waals surface area contributed by atoms with Crippen LogP contribution in [0.15, 0.2) is 81.8 Å². The van der Waals surface area contributed by atoms with E-state index in [1.165, 1.54) is 5.01 Å². The number of furan rings is 1. The molecule has 0 bridgehead atoms. The van der Waals surface area contributed by atoms with Gasteiger partial charge in [0.1, 0.15) is 11.5 Å². The summed E-state index contributed by atoms with van der Waals surface area (Å²) in [5.74, 6) is 1.11. The first-order valence-electron chi connectivity index (χ1n) is 8.14. The molecule has 4 rings (SSSR count). The van der Waals surface area contributed by atoms with Gasteiger partial charge in [-0.1, -0.05) is 41.9 Å². The Hall–Kier alpha value is -3.11. The normalized spacial score (nSPS) is 15.6. The third-order valence-corrected chi connectivity index (χ3v) is 4.32. The molecule has 0 aliphatic carbocycles. The number of hydrogen-bond acceptors (Lipinski definition) is 3. The molecule has 2 aromatic carbocycles. The van der Waals surface area contributed by atoms with Crippen LogP contribution in [-0.4, -0.2) is 11.6 Å². The Labute approximate surface area is 156 Å². The van der Waals surface area contributed by atoms with E-state index in [2.05, 4.69) is 5.10 Å². The zero-order chi connectivity index (χ0) is 18.1. The number of hydrogen-bond donors (Lipinski definition) is 0. The minimum absolute atomic E-state index is 0.172. The fourth-order valence-electron chi connectivity index (χ4n) is 2.80. The van der Waals surface area contributed by atoms with Crippen molar-refractivity contribution in [3.63, 3.8) is 0 Å². The second-order valence-corrected chi connectivity index (χ2v) is 6.34. The molecule has 1 aromatic heterocycles. The monoisotopic (exact) mass is 362 g/mol. The quantitative estimate of drug-likeness (QED) is 0.585. The van der Waals surface area contributed by atoms with E-state index in [9.17, 15) is 4.79 Å². The van der Waals surface area contributed by atoms with E-state index in [0.29, 0.717) is 27.8 Å². The summed E-state index contributed by atoms with van der Waals surface area (Å²) in [6.07, 6.45) is 1.72. The first kappa shape index (κ1) is 16.4. The summed E-state index contributed by atoms with van der Waals surface area (Å²) in [5.41, 5.74) is 2.79. The van der Waals surface area contributed by atoms with Gasteiger partial charge in [0.2, 0.25) is 0 Å². The Balaban J connectivity index is 1.63. The van der Waals surface area contributed by atoms with Crippen molar-refractivity contribution in [1.82, 2.24) is 0 Å². The van der Waals surface area contributed by atoms with E-state index in [1.807, 2.05) is 73.7 Å². The van der Waals surface area contributed by atoms with Gasteiger partial charge in [-0.15, -0.1) is 0 Å². The largest absolute Gasteiger partial charge is 0.457 e. The number of halogens is 1. The first-order chi connectivity index (χ1) is 12.6. The molecule has 2 heterocycles. The zero-order valence-corrected chi connectivity index (χ0v) is 14.8. The van der Waals surface area contributed by atoms with Gasteiger partial charge in [0, 0.05) is 10.6 Å². The predicted molar refractivity (Wildman–Crippen MR) is 104 cm³/mol. The minimum atomic E-state index is -0.172. The third kappa shape index (κ3) is 3.07. The highest BCUT2D eigenvalue weighted by Crippen LogP contribution is 2.28. The predicted octanol–water partition coefficient (Wildman–Crippen LogP) is 5.41. The van der Waals surface area contributed by atoms with E-state index in [4.69, 9.17) is 16.0 Å². The van der Waals surface area contributed by atoms with Crippen molar-refractivity contribution in [2.75, 3.05) is 5.01 Å². The van der Waals surface area contributed by atoms with Crippen molar-refractivity contribution in [3.05, 3.63) is 83.1 Å². The average molecular weight is 363 g/mol. The van der Waals surface area contributed by atoms with Crippen molar-refractivity contribution in [2.45, 2.75) is 6.92 Å². The van der Waals surface area contributed by atoms with Gasteiger partial charge >= 0.3 is 0 Å². The maximum Gasteiger partial charge on any atom is 0.280 e. The summed E-state index contributed by atoms with van der Waals surface area (Å²) < 4.78 is 5.86. The molecule has 0 N–H and O–H groups in total. The smallest absolute Gasteiger partial charge is 0.280 e. The van der Waals surface area contributed by atoms with E-state index in [1.54, 1.807) is 6.08 Å². The van der Waals surface area contributed by atoms with E-state index < -0.39 is 0 Å². The standard InChI is InChI=1S/C21H15ClN2O2/c1-14-19(21(25)24(23-14)17-8-3-2-4-9-17)13-18-10-11-20(26-18)15-6-5-7-16(22)12-15/h2-13H,1H3/b19-13+. The summed E-state index contributed by atoms with van der Waals surface area (Å²) in [5, 5.41) is 6.42. The molecule has 26 heavy (non-hydrogen) atoms. The van der Waals surface area contributed by atoms with Crippen LogP contribution in [-0.2, 0) is 4.79 Å². The van der Waals surface area contributed by atoms with E-state index in [-0.39, 0.29) is 5.91 Å². The van der Waals surface area contributed by atoms with Crippen LogP contribution in [0, 0.1) is 0 Å². The van der Waals surface area contributed by atoms with Crippen LogP contribution in [0.5, 0.6) is 0 Å². The van der Waals surface area contributed by atoms with Gasteiger partial charge in [-0.25, -0.2) is 0 Å². The van der Waals surface area contributed by atoms with Crippen LogP contribution in [0.1, 0.15) is 12.7 Å². The Morgan fingerprint density at radius 1 is 1.04 bits per heavy atom. The topological polar surface area (TPSA) is 45.8 Å². The van der Waals surface area contributed by atoms with Crippen LogP contribution in [0.4, 0.5) is 5.69 Å². The molecule has 0 saturated carbocycles. The third-order valence-electron chi connectivity index (χ3n) is 4.09. The highest BCUT2D eigenvalue weighted by molar-refractivity contribution is 6.32. The van der Waals surface area contributed by atoms with E-state index in [0.717, 1.165) is 11.3 Å². The number of anilines is 1. The van der Waals surface area contributed by atoms with Crippen molar-refractivity contribution >= 4 is 35.0 Å². The molecule has 0 saturated heterocycles. The van der Waals surface area contributed by atoms with Gasteiger partial charge in [-0.05, 0) is 49.4 Å². The van der Waals surface area contributed by atoms with Gasteiger partial charge in [-0.3, -0.25) is 4.79 Å². The lowest BCUT2D eigenvalue weighted by atomic mass is 10.1. The Morgan fingerprint density at radius 3 is 2.62 bits per heavy atom. The highest BCUT2D eigenvalue weighted by Gasteiger charge is 2.28. The zero-order valence-electron chi connectivity index (χ0n) is 14.0. The number of carbonyl (C=O) groups is 1. The number of nitrogens with zero attached hydrogens (tertiary/aromatic N) is 2. The van der Waals surface area contributed by atoms with Crippen molar-refractivity contribution in [3.8, 4) is 11.3 Å². The molecule has 3 aromatic rings. The first-order valence-corrected chi connectivity index (χ1v) is 8.52. The van der Waals surface area contributed by atoms with Crippen LogP contribution in [0.25, 0.3) is 17.4 Å². The second-order valence-electron chi connectivity index (χ2n) is 5.91. The van der Waals surface area contributed by atoms with E-state index >= 15 is 0 Å². The van der Waals surface area contributed by atoms with Crippen LogP contribution in [0.2, 0.25) is 5.02 Å². The Kier molecular flexibility index (Phi) is 4.19. The van der Waals surface area contributed by atoms with Crippen molar-refractivity contribution < 1.29 is 9.21 Å². The maximum absolute atomic E-state index is 12.7. The summed E-state index contributed by atoms with van der Waals surface area (Å²) in [7, 11) is 0. The molecule has 0 atom stereocenters. The van der Waals surface area contributed by atoms with Gasteiger partial charge < -0.3 is 4.42 Å². The van der Waals surface area contributed by atoms with Crippen molar-refractivity contribution in [2.24, 2.45) is 5.10 Å². The lowest BCUT2D eigenvalue weighted by molar-refractivity contribution is -0.114. The number of benzene rings is 2. The molecular formula is C21H15ClN2O2. The fourth-order valence-corrected chi connectivity index (χ4v) is 2.99. The van der Waals surface area contributed by atoms with Crippen LogP contribution < -0.4 is 5.01 Å². The fraction of sp³-hybridized carbons (Fsp3) is 0.0476. The van der Waals surface area contributed by atoms with Gasteiger partial charge in [0.25, 0.3) is 5.91 Å². The SMILES string of the molecule is CC1=NN(c2ccccc2)C(=O)/C1=C/c1ccc(-c2cccc(Cl)c2)o1. The minimum Gasteiger partial charge on any atom is -0.457 e.